The summed E-state index contributed by atoms with van der Waals surface area (Å²) in [6, 6.07) is 9.02. The normalized spacial score (nSPS) is 11.9. The first-order chi connectivity index (χ1) is 11.0. The fourth-order valence-corrected chi connectivity index (χ4v) is 3.21. The molecule has 0 bridgehead atoms. The molecule has 2 N–H and O–H groups in total. The van der Waals surface area contributed by atoms with Crippen molar-refractivity contribution < 1.29 is 14.3 Å². The summed E-state index contributed by atoms with van der Waals surface area (Å²) in [5, 5.41) is 7.87. The fourth-order valence-electron chi connectivity index (χ4n) is 2.26. The zero-order valence-electron chi connectivity index (χ0n) is 13.8. The van der Waals surface area contributed by atoms with Gasteiger partial charge in [-0.25, -0.2) is 4.79 Å². The van der Waals surface area contributed by atoms with Gasteiger partial charge < -0.3 is 20.1 Å². The molecule has 5 nitrogen and oxygen atoms in total. The minimum absolute atomic E-state index is 0.0184. The highest BCUT2D eigenvalue weighted by Crippen LogP contribution is 2.30. The first kappa shape index (κ1) is 17.1. The quantitative estimate of drug-likeness (QED) is 0.829. The molecule has 0 fully saturated rings. The lowest BCUT2D eigenvalue weighted by Gasteiger charge is -2.21. The zero-order valence-corrected chi connectivity index (χ0v) is 14.6. The van der Waals surface area contributed by atoms with E-state index in [1.807, 2.05) is 17.5 Å². The molecule has 1 atom stereocenters. The molecular formula is C17H22N2O3S. The van der Waals surface area contributed by atoms with Crippen LogP contribution in [0.2, 0.25) is 0 Å². The maximum atomic E-state index is 12.3. The number of nitrogens with one attached hydrogen (secondary N) is 2. The van der Waals surface area contributed by atoms with E-state index in [0.717, 1.165) is 4.88 Å². The smallest absolute Gasteiger partial charge is 0.319 e. The number of benzene rings is 1. The summed E-state index contributed by atoms with van der Waals surface area (Å²) in [5.41, 5.74) is 0.647. The summed E-state index contributed by atoms with van der Waals surface area (Å²) >= 11 is 1.64. The van der Waals surface area contributed by atoms with Crippen LogP contribution in [-0.2, 0) is 0 Å². The van der Waals surface area contributed by atoms with Crippen LogP contribution in [-0.4, -0.2) is 20.3 Å². The zero-order chi connectivity index (χ0) is 16.8. The third kappa shape index (κ3) is 4.39. The van der Waals surface area contributed by atoms with Crippen LogP contribution in [0, 0.1) is 5.92 Å². The van der Waals surface area contributed by atoms with Crippen molar-refractivity contribution in [3.8, 4) is 11.5 Å². The first-order valence-corrected chi connectivity index (χ1v) is 8.26. The number of anilines is 1. The fraction of sp³-hybridized carbons (Fsp3) is 0.353. The maximum absolute atomic E-state index is 12.3. The van der Waals surface area contributed by atoms with Crippen LogP contribution in [0.5, 0.6) is 11.5 Å². The first-order valence-electron chi connectivity index (χ1n) is 7.38. The molecule has 0 radical (unpaired) electrons. The summed E-state index contributed by atoms with van der Waals surface area (Å²) in [6.07, 6.45) is 0. The van der Waals surface area contributed by atoms with Crippen molar-refractivity contribution in [2.24, 2.45) is 5.92 Å². The van der Waals surface area contributed by atoms with E-state index >= 15 is 0 Å². The van der Waals surface area contributed by atoms with E-state index in [9.17, 15) is 4.79 Å². The number of carbonyl (C=O) groups is 1. The van der Waals surface area contributed by atoms with Gasteiger partial charge in [-0.05, 0) is 29.5 Å². The van der Waals surface area contributed by atoms with E-state index < -0.39 is 0 Å². The van der Waals surface area contributed by atoms with E-state index in [4.69, 9.17) is 9.47 Å². The van der Waals surface area contributed by atoms with E-state index in [1.54, 1.807) is 43.8 Å². The van der Waals surface area contributed by atoms with Crippen LogP contribution in [0.25, 0.3) is 0 Å². The highest BCUT2D eigenvalue weighted by molar-refractivity contribution is 7.10. The molecule has 0 unspecified atom stereocenters. The Morgan fingerprint density at radius 3 is 2.43 bits per heavy atom. The van der Waals surface area contributed by atoms with Crippen LogP contribution < -0.4 is 20.1 Å². The van der Waals surface area contributed by atoms with E-state index in [2.05, 4.69) is 24.5 Å². The van der Waals surface area contributed by atoms with Crippen LogP contribution in [0.15, 0.2) is 35.7 Å². The second-order valence-corrected chi connectivity index (χ2v) is 6.38. The standard InChI is InChI=1S/C17H22N2O3S/c1-11(2)16(15-6-5-9-23-15)19-17(20)18-12-7-8-13(21-3)14(10-12)22-4/h5-11,16H,1-4H3,(H2,18,19,20)/t16-/m1/s1. The molecular weight excluding hydrogens is 312 g/mol. The maximum Gasteiger partial charge on any atom is 0.319 e. The van der Waals surface area contributed by atoms with Crippen molar-refractivity contribution in [3.05, 3.63) is 40.6 Å². The Labute approximate surface area is 140 Å². The van der Waals surface area contributed by atoms with Gasteiger partial charge in [-0.2, -0.15) is 0 Å². The number of ether oxygens (including phenoxy) is 2. The number of carbonyl (C=O) groups excluding carboxylic acids is 1. The average Bonchev–Trinajstić information content (AvgIpc) is 3.06. The lowest BCUT2D eigenvalue weighted by atomic mass is 10.0. The van der Waals surface area contributed by atoms with Gasteiger partial charge in [0.2, 0.25) is 0 Å². The van der Waals surface area contributed by atoms with Crippen LogP contribution in [0.4, 0.5) is 10.5 Å². The van der Waals surface area contributed by atoms with Gasteiger partial charge in [0, 0.05) is 16.6 Å². The van der Waals surface area contributed by atoms with Crippen molar-refractivity contribution in [3.63, 3.8) is 0 Å². The second kappa shape index (κ2) is 7.87. The Hall–Kier alpha value is -2.21. The number of methoxy groups -OCH3 is 2. The number of urea groups is 1. The molecule has 0 aliphatic heterocycles. The van der Waals surface area contributed by atoms with E-state index in [0.29, 0.717) is 23.1 Å². The summed E-state index contributed by atoms with van der Waals surface area (Å²) < 4.78 is 10.4. The second-order valence-electron chi connectivity index (χ2n) is 5.41. The molecule has 0 saturated carbocycles. The molecule has 1 heterocycles. The minimum Gasteiger partial charge on any atom is -0.493 e. The number of thiophene rings is 1. The number of rotatable bonds is 6. The lowest BCUT2D eigenvalue weighted by molar-refractivity contribution is 0.245. The predicted octanol–water partition coefficient (Wildman–Crippen LogP) is 4.28. The van der Waals surface area contributed by atoms with Gasteiger partial charge in [0.15, 0.2) is 11.5 Å². The third-order valence-electron chi connectivity index (χ3n) is 3.44. The number of hydrogen-bond donors (Lipinski definition) is 2. The topological polar surface area (TPSA) is 59.6 Å². The largest absolute Gasteiger partial charge is 0.493 e. The molecule has 0 aliphatic carbocycles. The van der Waals surface area contributed by atoms with Crippen LogP contribution >= 0.6 is 11.3 Å². The highest BCUT2D eigenvalue weighted by Gasteiger charge is 2.19. The molecule has 124 valence electrons. The Morgan fingerprint density at radius 1 is 1.13 bits per heavy atom. The Kier molecular flexibility index (Phi) is 5.87. The van der Waals surface area contributed by atoms with Crippen molar-refractivity contribution in [2.75, 3.05) is 19.5 Å². The molecule has 0 saturated heterocycles. The summed E-state index contributed by atoms with van der Waals surface area (Å²) in [7, 11) is 3.14. The monoisotopic (exact) mass is 334 g/mol. The van der Waals surface area contributed by atoms with Gasteiger partial charge in [0.05, 0.1) is 20.3 Å². The molecule has 2 aromatic rings. The van der Waals surface area contributed by atoms with Crippen molar-refractivity contribution >= 4 is 23.1 Å². The van der Waals surface area contributed by atoms with E-state index in [-0.39, 0.29) is 12.1 Å². The Bertz CT molecular complexity index is 641. The predicted molar refractivity (Wildman–Crippen MR) is 93.6 cm³/mol. The molecule has 2 rings (SSSR count). The molecule has 0 spiro atoms. The van der Waals surface area contributed by atoms with Gasteiger partial charge in [-0.1, -0.05) is 19.9 Å². The Balaban J connectivity index is 2.06. The average molecular weight is 334 g/mol. The highest BCUT2D eigenvalue weighted by atomic mass is 32.1. The van der Waals surface area contributed by atoms with Crippen molar-refractivity contribution in [1.82, 2.24) is 5.32 Å². The number of amides is 2. The molecule has 1 aromatic carbocycles. The summed E-state index contributed by atoms with van der Waals surface area (Å²) in [4.78, 5) is 13.4. The number of hydrogen-bond acceptors (Lipinski definition) is 4. The summed E-state index contributed by atoms with van der Waals surface area (Å²) in [5.74, 6) is 1.49. The molecule has 2 amide bonds. The van der Waals surface area contributed by atoms with Crippen LogP contribution in [0.1, 0.15) is 24.8 Å². The van der Waals surface area contributed by atoms with Crippen molar-refractivity contribution in [1.29, 1.82) is 0 Å². The van der Waals surface area contributed by atoms with Gasteiger partial charge in [0.25, 0.3) is 0 Å². The van der Waals surface area contributed by atoms with Crippen LogP contribution in [0.3, 0.4) is 0 Å². The van der Waals surface area contributed by atoms with Gasteiger partial charge in [-0.15, -0.1) is 11.3 Å². The van der Waals surface area contributed by atoms with Gasteiger partial charge in [-0.3, -0.25) is 0 Å². The summed E-state index contributed by atoms with van der Waals surface area (Å²) in [6.45, 7) is 4.17. The van der Waals surface area contributed by atoms with Gasteiger partial charge in [0.1, 0.15) is 0 Å². The SMILES string of the molecule is COc1ccc(NC(=O)N[C@@H](c2cccs2)C(C)C)cc1OC. The van der Waals surface area contributed by atoms with Crippen molar-refractivity contribution in [2.45, 2.75) is 19.9 Å². The van der Waals surface area contributed by atoms with Gasteiger partial charge >= 0.3 is 6.03 Å². The van der Waals surface area contributed by atoms with E-state index in [1.165, 1.54) is 0 Å². The molecule has 6 heteroatoms. The molecule has 1 aromatic heterocycles. The third-order valence-corrected chi connectivity index (χ3v) is 4.40. The molecule has 0 aliphatic rings. The molecule has 23 heavy (non-hydrogen) atoms. The lowest BCUT2D eigenvalue weighted by Crippen LogP contribution is -2.34. The minimum atomic E-state index is -0.246. The Morgan fingerprint density at radius 2 is 1.87 bits per heavy atom.